The molecule has 0 saturated carbocycles. The van der Waals surface area contributed by atoms with E-state index in [1.165, 1.54) is 39.9 Å². The molecule has 3 rings (SSSR count). The van der Waals surface area contributed by atoms with Crippen molar-refractivity contribution in [2.24, 2.45) is 4.99 Å². The zero-order chi connectivity index (χ0) is 23.3. The Hall–Kier alpha value is -2.55. The van der Waals surface area contributed by atoms with Crippen LogP contribution in [0.1, 0.15) is 42.6 Å². The van der Waals surface area contributed by atoms with Crippen LogP contribution in [0.15, 0.2) is 65.0 Å². The number of thiazole rings is 1. The third-order valence-corrected chi connectivity index (χ3v) is 8.23. The second kappa shape index (κ2) is 10.4. The Morgan fingerprint density at radius 2 is 1.91 bits per heavy atom. The highest BCUT2D eigenvalue weighted by molar-refractivity contribution is 7.89. The maximum absolute atomic E-state index is 12.9. The van der Waals surface area contributed by atoms with Gasteiger partial charge in [-0.15, -0.1) is 6.58 Å². The van der Waals surface area contributed by atoms with Gasteiger partial charge in [0.05, 0.1) is 15.1 Å². The lowest BCUT2D eigenvalue weighted by molar-refractivity contribution is 0.0997. The summed E-state index contributed by atoms with van der Waals surface area (Å²) in [4.78, 5) is 18.0. The van der Waals surface area contributed by atoms with Crippen LogP contribution < -0.4 is 4.80 Å². The maximum Gasteiger partial charge on any atom is 0.279 e. The lowest BCUT2D eigenvalue weighted by Crippen LogP contribution is -2.31. The number of hydrogen-bond acceptors (Lipinski definition) is 4. The van der Waals surface area contributed by atoms with E-state index in [1.54, 1.807) is 6.08 Å². The Bertz CT molecular complexity index is 1290. The summed E-state index contributed by atoms with van der Waals surface area (Å²) in [5, 5.41) is 0. The normalized spacial score (nSPS) is 12.6. The largest absolute Gasteiger partial charge is 0.312 e. The van der Waals surface area contributed by atoms with Gasteiger partial charge in [0, 0.05) is 25.2 Å². The van der Waals surface area contributed by atoms with Gasteiger partial charge in [-0.25, -0.2) is 8.42 Å². The van der Waals surface area contributed by atoms with Gasteiger partial charge in [0.25, 0.3) is 5.91 Å². The van der Waals surface area contributed by atoms with E-state index < -0.39 is 15.9 Å². The molecule has 6 nitrogen and oxygen atoms in total. The minimum absolute atomic E-state index is 0.186. The first-order valence-electron chi connectivity index (χ1n) is 10.7. The van der Waals surface area contributed by atoms with E-state index in [4.69, 9.17) is 0 Å². The van der Waals surface area contributed by atoms with E-state index in [1.807, 2.05) is 37.5 Å². The van der Waals surface area contributed by atoms with Crippen molar-refractivity contribution in [1.82, 2.24) is 8.87 Å². The average molecular weight is 472 g/mol. The Kier molecular flexibility index (Phi) is 7.82. The van der Waals surface area contributed by atoms with Crippen LogP contribution in [0.2, 0.25) is 0 Å². The molecule has 1 aromatic heterocycles. The molecule has 0 aliphatic rings. The summed E-state index contributed by atoms with van der Waals surface area (Å²) >= 11 is 1.45. The van der Waals surface area contributed by atoms with Gasteiger partial charge in [-0.05, 0) is 55.3 Å². The average Bonchev–Trinajstić information content (AvgIpc) is 3.10. The lowest BCUT2D eigenvalue weighted by atomic mass is 10.2. The Morgan fingerprint density at radius 1 is 1.19 bits per heavy atom. The zero-order valence-electron chi connectivity index (χ0n) is 18.7. The van der Waals surface area contributed by atoms with Crippen molar-refractivity contribution < 1.29 is 13.2 Å². The minimum Gasteiger partial charge on any atom is -0.312 e. The van der Waals surface area contributed by atoms with E-state index in [0.29, 0.717) is 30.0 Å². The lowest BCUT2D eigenvalue weighted by Gasteiger charge is -2.20. The van der Waals surface area contributed by atoms with Crippen LogP contribution in [0.5, 0.6) is 0 Å². The number of hydrogen-bond donors (Lipinski definition) is 0. The van der Waals surface area contributed by atoms with Crippen molar-refractivity contribution in [2.75, 3.05) is 13.1 Å². The summed E-state index contributed by atoms with van der Waals surface area (Å²) in [5.74, 6) is -0.409. The molecule has 0 unspecified atom stereocenters. The van der Waals surface area contributed by atoms with Crippen LogP contribution in [0, 0.1) is 6.92 Å². The number of unbranched alkanes of at least 4 members (excludes halogenated alkanes) is 1. The van der Waals surface area contributed by atoms with Crippen LogP contribution in [-0.2, 0) is 16.6 Å². The first-order chi connectivity index (χ1) is 15.3. The molecule has 0 N–H and O–H groups in total. The molecule has 0 aliphatic heterocycles. The number of aromatic nitrogens is 1. The SMILES string of the molecule is C=CCn1c(=NC(=O)c2ccc(S(=O)(=O)N(CC)CCCC)cc2)sc2cc(C)ccc21. The highest BCUT2D eigenvalue weighted by Gasteiger charge is 2.22. The molecule has 8 heteroatoms. The van der Waals surface area contributed by atoms with E-state index in [9.17, 15) is 13.2 Å². The first-order valence-corrected chi connectivity index (χ1v) is 13.0. The summed E-state index contributed by atoms with van der Waals surface area (Å²) < 4.78 is 30.3. The van der Waals surface area contributed by atoms with Gasteiger partial charge in [0.15, 0.2) is 4.80 Å². The van der Waals surface area contributed by atoms with Crippen molar-refractivity contribution in [2.45, 2.75) is 45.1 Å². The fourth-order valence-corrected chi connectivity index (χ4v) is 6.05. The van der Waals surface area contributed by atoms with Crippen molar-refractivity contribution >= 4 is 37.5 Å². The number of carbonyl (C=O) groups is 1. The summed E-state index contributed by atoms with van der Waals surface area (Å²) in [7, 11) is -3.58. The standard InChI is InChI=1S/C24H29N3O3S2/c1-5-8-16-26(7-3)32(29,30)20-12-10-19(11-13-20)23(28)25-24-27(15-6-2)21-14-9-18(4)17-22(21)31-24/h6,9-14,17H,2,5,7-8,15-16H2,1,3-4H3. The molecule has 0 fully saturated rings. The second-order valence-electron chi connectivity index (χ2n) is 7.55. The predicted octanol–water partition coefficient (Wildman–Crippen LogP) is 4.75. The smallest absolute Gasteiger partial charge is 0.279 e. The second-order valence-corrected chi connectivity index (χ2v) is 10.5. The van der Waals surface area contributed by atoms with E-state index in [2.05, 4.69) is 17.6 Å². The highest BCUT2D eigenvalue weighted by atomic mass is 32.2. The quantitative estimate of drug-likeness (QED) is 0.423. The Labute approximate surface area is 193 Å². The van der Waals surface area contributed by atoms with E-state index in [-0.39, 0.29) is 4.90 Å². The van der Waals surface area contributed by atoms with Crippen LogP contribution in [0.25, 0.3) is 10.2 Å². The van der Waals surface area contributed by atoms with Crippen LogP contribution in [0.4, 0.5) is 0 Å². The molecule has 0 bridgehead atoms. The Balaban J connectivity index is 1.93. The minimum atomic E-state index is -3.58. The van der Waals surface area contributed by atoms with Gasteiger partial charge in [-0.1, -0.05) is 43.7 Å². The summed E-state index contributed by atoms with van der Waals surface area (Å²) in [6.07, 6.45) is 3.50. The third-order valence-electron chi connectivity index (χ3n) is 5.20. The number of rotatable bonds is 9. The molecule has 1 amide bonds. The topological polar surface area (TPSA) is 71.7 Å². The van der Waals surface area contributed by atoms with Gasteiger partial charge in [-0.2, -0.15) is 9.30 Å². The number of fused-ring (bicyclic) bond motifs is 1. The molecule has 0 spiro atoms. The van der Waals surface area contributed by atoms with Gasteiger partial charge in [0.2, 0.25) is 10.0 Å². The fourth-order valence-electron chi connectivity index (χ4n) is 3.42. The molecule has 0 aliphatic carbocycles. The van der Waals surface area contributed by atoms with Gasteiger partial charge >= 0.3 is 0 Å². The number of aryl methyl sites for hydroxylation is 1. The van der Waals surface area contributed by atoms with Crippen LogP contribution in [-0.4, -0.2) is 36.3 Å². The molecular weight excluding hydrogens is 442 g/mol. The molecular formula is C24H29N3O3S2. The predicted molar refractivity (Wildman–Crippen MR) is 130 cm³/mol. The molecule has 1 heterocycles. The molecule has 0 saturated heterocycles. The summed E-state index contributed by atoms with van der Waals surface area (Å²) in [6, 6.07) is 12.1. The molecule has 32 heavy (non-hydrogen) atoms. The number of nitrogens with zero attached hydrogens (tertiary/aromatic N) is 3. The number of allylic oxidation sites excluding steroid dienone is 1. The molecule has 170 valence electrons. The van der Waals surface area contributed by atoms with Crippen molar-refractivity contribution in [1.29, 1.82) is 0 Å². The highest BCUT2D eigenvalue weighted by Crippen LogP contribution is 2.20. The van der Waals surface area contributed by atoms with Gasteiger partial charge in [0.1, 0.15) is 0 Å². The summed E-state index contributed by atoms with van der Waals surface area (Å²) in [5.41, 5.74) is 2.49. The number of carbonyl (C=O) groups excluding carboxylic acids is 1. The molecule has 3 aromatic rings. The Morgan fingerprint density at radius 3 is 2.53 bits per heavy atom. The van der Waals surface area contributed by atoms with Crippen molar-refractivity contribution in [3.8, 4) is 0 Å². The summed E-state index contributed by atoms with van der Waals surface area (Å²) in [6.45, 7) is 11.1. The van der Waals surface area contributed by atoms with E-state index in [0.717, 1.165) is 28.6 Å². The fraction of sp³-hybridized carbons (Fsp3) is 0.333. The maximum atomic E-state index is 12.9. The van der Waals surface area contributed by atoms with Gasteiger partial charge < -0.3 is 4.57 Å². The van der Waals surface area contributed by atoms with Crippen molar-refractivity contribution in [3.63, 3.8) is 0 Å². The van der Waals surface area contributed by atoms with E-state index >= 15 is 0 Å². The molecule has 0 atom stereocenters. The van der Waals surface area contributed by atoms with Gasteiger partial charge in [-0.3, -0.25) is 4.79 Å². The number of benzene rings is 2. The van der Waals surface area contributed by atoms with Crippen LogP contribution >= 0.6 is 11.3 Å². The van der Waals surface area contributed by atoms with Crippen LogP contribution in [0.3, 0.4) is 0 Å². The molecule has 0 radical (unpaired) electrons. The molecule has 2 aromatic carbocycles. The third kappa shape index (κ3) is 5.09. The number of amides is 1. The first kappa shape index (κ1) is 24.1. The van der Waals surface area contributed by atoms with Crippen molar-refractivity contribution in [3.05, 3.63) is 71.0 Å². The zero-order valence-corrected chi connectivity index (χ0v) is 20.4. The monoisotopic (exact) mass is 471 g/mol. The number of sulfonamides is 1.